The molecule has 126 valence electrons. The summed E-state index contributed by atoms with van der Waals surface area (Å²) >= 11 is 0. The van der Waals surface area contributed by atoms with E-state index in [2.05, 4.69) is 23.6 Å². The zero-order valence-corrected chi connectivity index (χ0v) is 14.3. The van der Waals surface area contributed by atoms with Crippen molar-refractivity contribution in [1.29, 1.82) is 0 Å². The maximum atomic E-state index is 12.3. The summed E-state index contributed by atoms with van der Waals surface area (Å²) in [5.41, 5.74) is 1.83. The zero-order valence-electron chi connectivity index (χ0n) is 14.3. The summed E-state index contributed by atoms with van der Waals surface area (Å²) in [7, 11) is 1.66. The SMILES string of the molecule is CCC(C)NC(=O)c1cccc(C2CCCN(C(=O)NC)C2)c1. The lowest BCUT2D eigenvalue weighted by atomic mass is 9.89. The van der Waals surface area contributed by atoms with Gasteiger partial charge in [0.2, 0.25) is 0 Å². The molecule has 1 aromatic rings. The van der Waals surface area contributed by atoms with Crippen LogP contribution in [0.5, 0.6) is 0 Å². The van der Waals surface area contributed by atoms with Gasteiger partial charge in [0.1, 0.15) is 0 Å². The summed E-state index contributed by atoms with van der Waals surface area (Å²) in [4.78, 5) is 26.0. The highest BCUT2D eigenvalue weighted by Gasteiger charge is 2.24. The monoisotopic (exact) mass is 317 g/mol. The van der Waals surface area contributed by atoms with E-state index >= 15 is 0 Å². The van der Waals surface area contributed by atoms with E-state index in [1.165, 1.54) is 0 Å². The van der Waals surface area contributed by atoms with Gasteiger partial charge in [-0.2, -0.15) is 0 Å². The molecule has 3 amide bonds. The first-order chi connectivity index (χ1) is 11.0. The first-order valence-electron chi connectivity index (χ1n) is 8.42. The quantitative estimate of drug-likeness (QED) is 0.897. The standard InChI is InChI=1S/C18H27N3O2/c1-4-13(2)20-17(22)15-8-5-7-14(11-15)16-9-6-10-21(12-16)18(23)19-3/h5,7-8,11,13,16H,4,6,9-10,12H2,1-3H3,(H,19,23)(H,20,22). The molecule has 0 aliphatic carbocycles. The lowest BCUT2D eigenvalue weighted by molar-refractivity contribution is 0.0939. The summed E-state index contributed by atoms with van der Waals surface area (Å²) in [6.07, 6.45) is 2.94. The van der Waals surface area contributed by atoms with E-state index in [-0.39, 0.29) is 23.9 Å². The van der Waals surface area contributed by atoms with E-state index in [0.717, 1.165) is 31.4 Å². The molecule has 2 rings (SSSR count). The van der Waals surface area contributed by atoms with Crippen molar-refractivity contribution in [2.75, 3.05) is 20.1 Å². The topological polar surface area (TPSA) is 61.4 Å². The van der Waals surface area contributed by atoms with Crippen molar-refractivity contribution >= 4 is 11.9 Å². The van der Waals surface area contributed by atoms with Crippen LogP contribution in [0.2, 0.25) is 0 Å². The number of carbonyl (C=O) groups is 2. The number of nitrogens with zero attached hydrogens (tertiary/aromatic N) is 1. The average molecular weight is 317 g/mol. The zero-order chi connectivity index (χ0) is 16.8. The molecule has 1 aliphatic heterocycles. The number of carbonyl (C=O) groups excluding carboxylic acids is 2. The van der Waals surface area contributed by atoms with Crippen molar-refractivity contribution in [3.8, 4) is 0 Å². The Morgan fingerprint density at radius 1 is 1.39 bits per heavy atom. The van der Waals surface area contributed by atoms with Gasteiger partial charge in [0.25, 0.3) is 5.91 Å². The van der Waals surface area contributed by atoms with Crippen LogP contribution in [-0.2, 0) is 0 Å². The number of nitrogens with one attached hydrogen (secondary N) is 2. The molecule has 1 heterocycles. The van der Waals surface area contributed by atoms with Crippen molar-refractivity contribution in [2.24, 2.45) is 0 Å². The number of amides is 3. The van der Waals surface area contributed by atoms with Gasteiger partial charge in [-0.05, 0) is 43.9 Å². The van der Waals surface area contributed by atoms with Crippen LogP contribution in [0.1, 0.15) is 54.9 Å². The number of urea groups is 1. The number of hydrogen-bond donors (Lipinski definition) is 2. The van der Waals surface area contributed by atoms with Crippen LogP contribution >= 0.6 is 0 Å². The van der Waals surface area contributed by atoms with Gasteiger partial charge in [-0.3, -0.25) is 4.79 Å². The predicted molar refractivity (Wildman–Crippen MR) is 91.7 cm³/mol. The molecule has 0 aromatic heterocycles. The van der Waals surface area contributed by atoms with Crippen LogP contribution in [0.15, 0.2) is 24.3 Å². The highest BCUT2D eigenvalue weighted by molar-refractivity contribution is 5.94. The Bertz CT molecular complexity index is 559. The Morgan fingerprint density at radius 3 is 2.87 bits per heavy atom. The minimum atomic E-state index is -0.0276. The molecule has 5 heteroatoms. The Kier molecular flexibility index (Phi) is 6.02. The number of hydrogen-bond acceptors (Lipinski definition) is 2. The van der Waals surface area contributed by atoms with Gasteiger partial charge >= 0.3 is 6.03 Å². The Labute approximate surface area is 138 Å². The van der Waals surface area contributed by atoms with Gasteiger partial charge < -0.3 is 15.5 Å². The summed E-state index contributed by atoms with van der Waals surface area (Å²) in [6.45, 7) is 5.56. The molecule has 0 spiro atoms. The Balaban J connectivity index is 2.09. The number of rotatable bonds is 4. The van der Waals surface area contributed by atoms with Crippen LogP contribution in [-0.4, -0.2) is 43.0 Å². The second-order valence-corrected chi connectivity index (χ2v) is 6.25. The number of benzene rings is 1. The van der Waals surface area contributed by atoms with Crippen LogP contribution in [0.25, 0.3) is 0 Å². The van der Waals surface area contributed by atoms with E-state index in [1.807, 2.05) is 30.0 Å². The molecule has 1 aromatic carbocycles. The molecule has 2 atom stereocenters. The molecule has 0 bridgehead atoms. The largest absolute Gasteiger partial charge is 0.350 e. The predicted octanol–water partition coefficient (Wildman–Crippen LogP) is 2.73. The first kappa shape index (κ1) is 17.3. The molecule has 0 radical (unpaired) electrons. The third kappa shape index (κ3) is 4.47. The normalized spacial score (nSPS) is 19.1. The Hall–Kier alpha value is -2.04. The molecule has 2 N–H and O–H groups in total. The van der Waals surface area contributed by atoms with E-state index < -0.39 is 0 Å². The van der Waals surface area contributed by atoms with Crippen molar-refractivity contribution in [3.05, 3.63) is 35.4 Å². The van der Waals surface area contributed by atoms with Gasteiger partial charge in [0, 0.05) is 37.7 Å². The van der Waals surface area contributed by atoms with E-state index in [4.69, 9.17) is 0 Å². The third-order valence-electron chi connectivity index (χ3n) is 4.53. The first-order valence-corrected chi connectivity index (χ1v) is 8.42. The maximum Gasteiger partial charge on any atom is 0.317 e. The molecule has 23 heavy (non-hydrogen) atoms. The molecule has 1 saturated heterocycles. The van der Waals surface area contributed by atoms with Crippen LogP contribution < -0.4 is 10.6 Å². The lowest BCUT2D eigenvalue weighted by Gasteiger charge is -2.32. The summed E-state index contributed by atoms with van der Waals surface area (Å²) in [6, 6.07) is 7.94. The fourth-order valence-corrected chi connectivity index (χ4v) is 2.93. The molecule has 0 saturated carbocycles. The summed E-state index contributed by atoms with van der Waals surface area (Å²) in [5.74, 6) is 0.262. The van der Waals surface area contributed by atoms with Crippen molar-refractivity contribution < 1.29 is 9.59 Å². The third-order valence-corrected chi connectivity index (χ3v) is 4.53. The molecule has 5 nitrogen and oxygen atoms in total. The molecular formula is C18H27N3O2. The van der Waals surface area contributed by atoms with E-state index in [0.29, 0.717) is 12.1 Å². The van der Waals surface area contributed by atoms with Gasteiger partial charge in [0.15, 0.2) is 0 Å². The Morgan fingerprint density at radius 2 is 2.17 bits per heavy atom. The number of piperidine rings is 1. The van der Waals surface area contributed by atoms with E-state index in [1.54, 1.807) is 7.05 Å². The molecule has 2 unspecified atom stereocenters. The second-order valence-electron chi connectivity index (χ2n) is 6.25. The summed E-state index contributed by atoms with van der Waals surface area (Å²) in [5, 5.41) is 5.69. The van der Waals surface area contributed by atoms with E-state index in [9.17, 15) is 9.59 Å². The van der Waals surface area contributed by atoms with Crippen LogP contribution in [0, 0.1) is 0 Å². The van der Waals surface area contributed by atoms with Crippen LogP contribution in [0.4, 0.5) is 4.79 Å². The van der Waals surface area contributed by atoms with Gasteiger partial charge in [-0.25, -0.2) is 4.79 Å². The molecular weight excluding hydrogens is 290 g/mol. The minimum Gasteiger partial charge on any atom is -0.350 e. The minimum absolute atomic E-state index is 0.0274. The summed E-state index contributed by atoms with van der Waals surface area (Å²) < 4.78 is 0. The molecule has 1 fully saturated rings. The van der Waals surface area contributed by atoms with Crippen molar-refractivity contribution in [1.82, 2.24) is 15.5 Å². The average Bonchev–Trinajstić information content (AvgIpc) is 2.61. The molecule has 1 aliphatic rings. The van der Waals surface area contributed by atoms with Crippen molar-refractivity contribution in [2.45, 2.75) is 45.1 Å². The number of likely N-dealkylation sites (tertiary alicyclic amines) is 1. The fraction of sp³-hybridized carbons (Fsp3) is 0.556. The second kappa shape index (κ2) is 7.99. The van der Waals surface area contributed by atoms with Crippen molar-refractivity contribution in [3.63, 3.8) is 0 Å². The highest BCUT2D eigenvalue weighted by Crippen LogP contribution is 2.27. The van der Waals surface area contributed by atoms with Gasteiger partial charge in [0.05, 0.1) is 0 Å². The van der Waals surface area contributed by atoms with Crippen LogP contribution in [0.3, 0.4) is 0 Å². The lowest BCUT2D eigenvalue weighted by Crippen LogP contribution is -2.43. The maximum absolute atomic E-state index is 12.3. The fourth-order valence-electron chi connectivity index (χ4n) is 2.93. The highest BCUT2D eigenvalue weighted by atomic mass is 16.2. The van der Waals surface area contributed by atoms with Gasteiger partial charge in [-0.1, -0.05) is 19.1 Å². The smallest absolute Gasteiger partial charge is 0.317 e. The van der Waals surface area contributed by atoms with Gasteiger partial charge in [-0.15, -0.1) is 0 Å².